The van der Waals surface area contributed by atoms with Crippen molar-refractivity contribution in [2.75, 3.05) is 6.54 Å². The van der Waals surface area contributed by atoms with Crippen LogP contribution >= 0.6 is 0 Å². The first-order valence-corrected chi connectivity index (χ1v) is 4.20. The third kappa shape index (κ3) is 2.08. The molecule has 1 fully saturated rings. The number of rotatable bonds is 2. The maximum absolute atomic E-state index is 11.4. The average molecular weight is 182 g/mol. The van der Waals surface area contributed by atoms with E-state index in [2.05, 4.69) is 11.9 Å². The first kappa shape index (κ1) is 9.77. The smallest absolute Gasteiger partial charge is 0.324 e. The molecule has 0 aliphatic carbocycles. The summed E-state index contributed by atoms with van der Waals surface area (Å²) in [5.74, 6) is -0.145. The monoisotopic (exact) mass is 182 g/mol. The van der Waals surface area contributed by atoms with Crippen LogP contribution in [0.3, 0.4) is 0 Å². The molecule has 1 N–H and O–H groups in total. The summed E-state index contributed by atoms with van der Waals surface area (Å²) in [6.45, 7) is 7.42. The van der Waals surface area contributed by atoms with Crippen LogP contribution in [0.1, 0.15) is 20.3 Å². The fourth-order valence-electron chi connectivity index (χ4n) is 1.30. The molecule has 0 aromatic heterocycles. The van der Waals surface area contributed by atoms with E-state index in [0.717, 1.165) is 4.90 Å². The molecule has 13 heavy (non-hydrogen) atoms. The molecule has 1 heterocycles. The molecule has 72 valence electrons. The van der Waals surface area contributed by atoms with Crippen molar-refractivity contribution in [3.63, 3.8) is 0 Å². The molecule has 0 unspecified atom stereocenters. The molecule has 0 saturated carbocycles. The van der Waals surface area contributed by atoms with Crippen LogP contribution in [0.25, 0.3) is 0 Å². The van der Waals surface area contributed by atoms with Gasteiger partial charge in [-0.1, -0.05) is 6.08 Å². The molecule has 0 atom stereocenters. The second-order valence-electron chi connectivity index (χ2n) is 3.78. The van der Waals surface area contributed by atoms with Crippen molar-refractivity contribution in [1.29, 1.82) is 0 Å². The van der Waals surface area contributed by atoms with Gasteiger partial charge in [-0.3, -0.25) is 9.69 Å². The Morgan fingerprint density at radius 1 is 1.62 bits per heavy atom. The maximum atomic E-state index is 11.4. The lowest BCUT2D eigenvalue weighted by Gasteiger charge is -2.35. The number of hydrogen-bond acceptors (Lipinski definition) is 2. The lowest BCUT2D eigenvalue weighted by Crippen LogP contribution is -2.59. The normalized spacial score (nSPS) is 21.2. The van der Waals surface area contributed by atoms with Crippen molar-refractivity contribution in [2.45, 2.75) is 25.8 Å². The van der Waals surface area contributed by atoms with Crippen LogP contribution in [0, 0.1) is 0 Å². The first-order chi connectivity index (χ1) is 5.96. The van der Waals surface area contributed by atoms with E-state index in [0.29, 0.717) is 6.42 Å². The molecular formula is C9H14N2O2. The van der Waals surface area contributed by atoms with Gasteiger partial charge >= 0.3 is 6.03 Å². The molecule has 0 aromatic carbocycles. The summed E-state index contributed by atoms with van der Waals surface area (Å²) in [5.41, 5.74) is -0.425. The van der Waals surface area contributed by atoms with E-state index in [1.165, 1.54) is 6.08 Å². The highest BCUT2D eigenvalue weighted by molar-refractivity contribution is 5.98. The van der Waals surface area contributed by atoms with Gasteiger partial charge in [-0.15, -0.1) is 6.58 Å². The third-order valence-corrected chi connectivity index (χ3v) is 1.90. The van der Waals surface area contributed by atoms with E-state index in [1.807, 2.05) is 13.8 Å². The number of urea groups is 1. The zero-order valence-corrected chi connectivity index (χ0v) is 7.96. The van der Waals surface area contributed by atoms with Crippen LogP contribution in [-0.2, 0) is 4.79 Å². The van der Waals surface area contributed by atoms with Gasteiger partial charge in [0.25, 0.3) is 0 Å². The zero-order valence-electron chi connectivity index (χ0n) is 7.96. The molecule has 0 bridgehead atoms. The number of nitrogens with one attached hydrogen (secondary N) is 1. The minimum atomic E-state index is -0.425. The van der Waals surface area contributed by atoms with Gasteiger partial charge in [-0.25, -0.2) is 4.79 Å². The van der Waals surface area contributed by atoms with Crippen LogP contribution in [0.5, 0.6) is 0 Å². The lowest BCUT2D eigenvalue weighted by atomic mass is 9.98. The van der Waals surface area contributed by atoms with Crippen molar-refractivity contribution in [3.05, 3.63) is 12.7 Å². The van der Waals surface area contributed by atoms with Gasteiger partial charge in [0, 0.05) is 18.5 Å². The highest BCUT2D eigenvalue weighted by Gasteiger charge is 2.35. The molecular weight excluding hydrogens is 168 g/mol. The van der Waals surface area contributed by atoms with Crippen LogP contribution in [-0.4, -0.2) is 28.9 Å². The summed E-state index contributed by atoms with van der Waals surface area (Å²) in [6, 6.07) is -0.332. The Bertz CT molecular complexity index is 238. The minimum absolute atomic E-state index is 0.145. The zero-order chi connectivity index (χ0) is 10.1. The van der Waals surface area contributed by atoms with Crippen LogP contribution in [0.4, 0.5) is 4.79 Å². The van der Waals surface area contributed by atoms with E-state index in [4.69, 9.17) is 0 Å². The fraction of sp³-hybridized carbons (Fsp3) is 0.556. The Balaban J connectivity index is 2.76. The van der Waals surface area contributed by atoms with Crippen LogP contribution < -0.4 is 5.32 Å². The SMILES string of the molecule is C=CCN1C(=O)CC(C)(C)NC1=O. The lowest BCUT2D eigenvalue weighted by molar-refractivity contribution is -0.130. The third-order valence-electron chi connectivity index (χ3n) is 1.90. The standard InChI is InChI=1S/C9H14N2O2/c1-4-5-11-7(12)6-9(2,3)10-8(11)13/h4H,1,5-6H2,2-3H3,(H,10,13). The number of nitrogens with zero attached hydrogens (tertiary/aromatic N) is 1. The van der Waals surface area contributed by atoms with E-state index in [9.17, 15) is 9.59 Å². The summed E-state index contributed by atoms with van der Waals surface area (Å²) in [5, 5.41) is 2.74. The van der Waals surface area contributed by atoms with Crippen LogP contribution in [0.2, 0.25) is 0 Å². The fourth-order valence-corrected chi connectivity index (χ4v) is 1.30. The predicted octanol–water partition coefficient (Wildman–Crippen LogP) is 0.893. The van der Waals surface area contributed by atoms with Gasteiger partial charge in [-0.2, -0.15) is 0 Å². The van der Waals surface area contributed by atoms with Gasteiger partial charge < -0.3 is 5.32 Å². The Kier molecular flexibility index (Phi) is 2.40. The molecule has 4 nitrogen and oxygen atoms in total. The van der Waals surface area contributed by atoms with E-state index in [1.54, 1.807) is 0 Å². The average Bonchev–Trinajstić information content (AvgIpc) is 1.94. The molecule has 0 aromatic rings. The van der Waals surface area contributed by atoms with E-state index >= 15 is 0 Å². The highest BCUT2D eigenvalue weighted by Crippen LogP contribution is 2.16. The summed E-state index contributed by atoms with van der Waals surface area (Å²) in [7, 11) is 0. The number of amides is 3. The summed E-state index contributed by atoms with van der Waals surface area (Å²) < 4.78 is 0. The van der Waals surface area contributed by atoms with Crippen molar-refractivity contribution in [2.24, 2.45) is 0 Å². The van der Waals surface area contributed by atoms with Crippen LogP contribution in [0.15, 0.2) is 12.7 Å². The predicted molar refractivity (Wildman–Crippen MR) is 49.1 cm³/mol. The second kappa shape index (κ2) is 3.20. The topological polar surface area (TPSA) is 49.4 Å². The summed E-state index contributed by atoms with van der Waals surface area (Å²) in [4.78, 5) is 23.9. The van der Waals surface area contributed by atoms with Gasteiger partial charge in [0.05, 0.1) is 0 Å². The first-order valence-electron chi connectivity index (χ1n) is 4.20. The van der Waals surface area contributed by atoms with E-state index < -0.39 is 5.54 Å². The molecule has 0 radical (unpaired) electrons. The number of imide groups is 1. The van der Waals surface area contributed by atoms with E-state index in [-0.39, 0.29) is 18.5 Å². The Labute approximate surface area is 77.6 Å². The van der Waals surface area contributed by atoms with Crippen molar-refractivity contribution in [3.8, 4) is 0 Å². The Hall–Kier alpha value is -1.32. The second-order valence-corrected chi connectivity index (χ2v) is 3.78. The van der Waals surface area contributed by atoms with Crippen molar-refractivity contribution < 1.29 is 9.59 Å². The molecule has 0 spiro atoms. The van der Waals surface area contributed by atoms with Gasteiger partial charge in [0.1, 0.15) is 0 Å². The summed E-state index contributed by atoms with van der Waals surface area (Å²) >= 11 is 0. The quantitative estimate of drug-likeness (QED) is 0.645. The van der Waals surface area contributed by atoms with Gasteiger partial charge in [0.15, 0.2) is 0 Å². The van der Waals surface area contributed by atoms with Crippen molar-refractivity contribution in [1.82, 2.24) is 10.2 Å². The molecule has 1 rings (SSSR count). The van der Waals surface area contributed by atoms with Gasteiger partial charge in [0.2, 0.25) is 5.91 Å². The molecule has 3 amide bonds. The Morgan fingerprint density at radius 2 is 2.23 bits per heavy atom. The molecule has 1 saturated heterocycles. The number of carbonyl (C=O) groups is 2. The molecule has 1 aliphatic heterocycles. The summed E-state index contributed by atoms with van der Waals surface area (Å²) in [6.07, 6.45) is 1.88. The molecule has 1 aliphatic rings. The van der Waals surface area contributed by atoms with Crippen molar-refractivity contribution >= 4 is 11.9 Å². The Morgan fingerprint density at radius 3 is 2.69 bits per heavy atom. The number of hydrogen-bond donors (Lipinski definition) is 1. The molecule has 4 heteroatoms. The van der Waals surface area contributed by atoms with Gasteiger partial charge in [-0.05, 0) is 13.8 Å². The minimum Gasteiger partial charge on any atom is -0.332 e. The number of carbonyl (C=O) groups excluding carboxylic acids is 2. The largest absolute Gasteiger partial charge is 0.332 e. The maximum Gasteiger partial charge on any atom is 0.324 e. The highest BCUT2D eigenvalue weighted by atomic mass is 16.2.